The summed E-state index contributed by atoms with van der Waals surface area (Å²) in [6, 6.07) is 1.82. The van der Waals surface area contributed by atoms with Crippen LogP contribution in [0.1, 0.15) is 29.8 Å². The van der Waals surface area contributed by atoms with Gasteiger partial charge in [0, 0.05) is 5.57 Å². The Morgan fingerprint density at radius 1 is 0.889 bits per heavy atom. The number of ether oxygens (including phenoxy) is 3. The van der Waals surface area contributed by atoms with Gasteiger partial charge in [-0.3, -0.25) is 4.79 Å². The fourth-order valence-corrected chi connectivity index (χ4v) is 2.24. The number of fused-ring (bicyclic) bond motifs is 1. The molecule has 0 aliphatic heterocycles. The molecule has 0 saturated heterocycles. The van der Waals surface area contributed by atoms with E-state index in [1.165, 1.54) is 14.2 Å². The van der Waals surface area contributed by atoms with Crippen molar-refractivity contribution < 1.29 is 19.0 Å². The molecule has 0 saturated carbocycles. The van der Waals surface area contributed by atoms with Crippen molar-refractivity contribution in [2.24, 2.45) is 0 Å². The van der Waals surface area contributed by atoms with Gasteiger partial charge >= 0.3 is 0 Å². The Kier molecular flexibility index (Phi) is 3.03. The fourth-order valence-electron chi connectivity index (χ4n) is 2.24. The molecule has 0 aromatic heterocycles. The van der Waals surface area contributed by atoms with Crippen LogP contribution in [0.5, 0.6) is 17.2 Å². The molecule has 1 aliphatic rings. The van der Waals surface area contributed by atoms with Gasteiger partial charge in [0.2, 0.25) is 5.75 Å². The van der Waals surface area contributed by atoms with Gasteiger partial charge in [0.25, 0.3) is 0 Å². The molecule has 1 aromatic carbocycles. The van der Waals surface area contributed by atoms with Gasteiger partial charge in [-0.15, -0.1) is 0 Å². The summed E-state index contributed by atoms with van der Waals surface area (Å²) in [4.78, 5) is 12.2. The third kappa shape index (κ3) is 1.49. The minimum atomic E-state index is -0.0136. The van der Waals surface area contributed by atoms with Gasteiger partial charge < -0.3 is 14.2 Å². The molecule has 0 atom stereocenters. The zero-order valence-corrected chi connectivity index (χ0v) is 11.2. The number of carbonyl (C=O) groups excluding carboxylic acids is 1. The van der Waals surface area contributed by atoms with Crippen molar-refractivity contribution in [3.8, 4) is 17.2 Å². The highest BCUT2D eigenvalue weighted by Gasteiger charge is 2.32. The third-order valence-corrected chi connectivity index (χ3v) is 3.36. The van der Waals surface area contributed by atoms with E-state index in [-0.39, 0.29) is 5.78 Å². The summed E-state index contributed by atoms with van der Waals surface area (Å²) in [7, 11) is 4.61. The average Bonchev–Trinajstić information content (AvgIpc) is 2.61. The second-order valence-corrected chi connectivity index (χ2v) is 4.15. The monoisotopic (exact) mass is 248 g/mol. The van der Waals surface area contributed by atoms with Gasteiger partial charge in [-0.1, -0.05) is 0 Å². The molecule has 1 aliphatic carbocycles. The van der Waals surface area contributed by atoms with E-state index in [2.05, 4.69) is 0 Å². The normalized spacial score (nSPS) is 13.7. The third-order valence-electron chi connectivity index (χ3n) is 3.36. The summed E-state index contributed by atoms with van der Waals surface area (Å²) in [6.07, 6.45) is 0. The minimum absolute atomic E-state index is 0.0136. The molecule has 0 spiro atoms. The lowest BCUT2D eigenvalue weighted by atomic mass is 10.0. The Labute approximate surface area is 106 Å². The molecule has 0 radical (unpaired) electrons. The molecular formula is C14H16O4. The van der Waals surface area contributed by atoms with E-state index < -0.39 is 0 Å². The molecule has 4 nitrogen and oxygen atoms in total. The van der Waals surface area contributed by atoms with Crippen molar-refractivity contribution in [1.29, 1.82) is 0 Å². The lowest BCUT2D eigenvalue weighted by Gasteiger charge is -2.15. The number of ketones is 1. The standard InChI is InChI=1S/C14H16O4/c1-7-8(2)12(15)11-9(7)6-10(16-3)13(17-4)14(11)18-5/h6H,1-5H3. The molecule has 0 bridgehead atoms. The predicted molar refractivity (Wildman–Crippen MR) is 68.7 cm³/mol. The van der Waals surface area contributed by atoms with Gasteiger partial charge in [-0.05, 0) is 31.1 Å². The predicted octanol–water partition coefficient (Wildman–Crippen LogP) is 2.70. The molecule has 0 unspecified atom stereocenters. The summed E-state index contributed by atoms with van der Waals surface area (Å²) in [5, 5.41) is 0. The molecule has 96 valence electrons. The van der Waals surface area contributed by atoms with Crippen LogP contribution in [0.25, 0.3) is 5.57 Å². The van der Waals surface area contributed by atoms with Gasteiger partial charge in [0.1, 0.15) is 0 Å². The van der Waals surface area contributed by atoms with Crippen LogP contribution >= 0.6 is 0 Å². The highest BCUT2D eigenvalue weighted by molar-refractivity contribution is 6.22. The van der Waals surface area contributed by atoms with Crippen LogP contribution in [0.3, 0.4) is 0 Å². The molecular weight excluding hydrogens is 232 g/mol. The zero-order chi connectivity index (χ0) is 13.4. The maximum Gasteiger partial charge on any atom is 0.204 e. The van der Waals surface area contributed by atoms with Crippen molar-refractivity contribution in [2.45, 2.75) is 13.8 Å². The second-order valence-electron chi connectivity index (χ2n) is 4.15. The molecule has 0 heterocycles. The zero-order valence-electron chi connectivity index (χ0n) is 11.2. The summed E-state index contributed by atoms with van der Waals surface area (Å²) >= 11 is 0. The smallest absolute Gasteiger partial charge is 0.204 e. The van der Waals surface area contributed by atoms with E-state index in [4.69, 9.17) is 14.2 Å². The van der Waals surface area contributed by atoms with Gasteiger partial charge in [-0.25, -0.2) is 0 Å². The van der Waals surface area contributed by atoms with Gasteiger partial charge in [0.05, 0.1) is 26.9 Å². The van der Waals surface area contributed by atoms with Crippen LogP contribution in [-0.2, 0) is 0 Å². The van der Waals surface area contributed by atoms with Crippen molar-refractivity contribution in [2.75, 3.05) is 21.3 Å². The average molecular weight is 248 g/mol. The SMILES string of the molecule is COc1cc2c(c(OC)c1OC)C(=O)C(C)=C2C. The van der Waals surface area contributed by atoms with Gasteiger partial charge in [0.15, 0.2) is 17.3 Å². The van der Waals surface area contributed by atoms with Crippen molar-refractivity contribution in [1.82, 2.24) is 0 Å². The lowest BCUT2D eigenvalue weighted by Crippen LogP contribution is -2.03. The number of hydrogen-bond acceptors (Lipinski definition) is 4. The maximum atomic E-state index is 12.2. The maximum absolute atomic E-state index is 12.2. The summed E-state index contributed by atoms with van der Waals surface area (Å²) in [5.41, 5.74) is 3.10. The highest BCUT2D eigenvalue weighted by Crippen LogP contribution is 2.47. The Hall–Kier alpha value is -1.97. The highest BCUT2D eigenvalue weighted by atomic mass is 16.5. The second kappa shape index (κ2) is 4.37. The Morgan fingerprint density at radius 2 is 1.50 bits per heavy atom. The van der Waals surface area contributed by atoms with Crippen LogP contribution in [0, 0.1) is 0 Å². The van der Waals surface area contributed by atoms with E-state index in [0.29, 0.717) is 22.8 Å². The van der Waals surface area contributed by atoms with Crippen molar-refractivity contribution >= 4 is 11.4 Å². The molecule has 18 heavy (non-hydrogen) atoms. The number of rotatable bonds is 3. The number of hydrogen-bond donors (Lipinski definition) is 0. The number of carbonyl (C=O) groups is 1. The Balaban J connectivity index is 2.81. The first-order valence-electron chi connectivity index (χ1n) is 5.62. The van der Waals surface area contributed by atoms with Crippen LogP contribution in [-0.4, -0.2) is 27.1 Å². The Bertz CT molecular complexity index is 555. The van der Waals surface area contributed by atoms with Crippen molar-refractivity contribution in [3.05, 3.63) is 22.8 Å². The van der Waals surface area contributed by atoms with Crippen LogP contribution in [0.15, 0.2) is 11.6 Å². The molecule has 0 amide bonds. The lowest BCUT2D eigenvalue weighted by molar-refractivity contribution is 0.103. The molecule has 0 N–H and O–H groups in total. The summed E-state index contributed by atoms with van der Waals surface area (Å²) in [5.74, 6) is 1.44. The van der Waals surface area contributed by atoms with Crippen molar-refractivity contribution in [3.63, 3.8) is 0 Å². The quantitative estimate of drug-likeness (QED) is 0.825. The van der Waals surface area contributed by atoms with E-state index in [0.717, 1.165) is 16.7 Å². The van der Waals surface area contributed by atoms with E-state index in [1.54, 1.807) is 7.11 Å². The fraction of sp³-hybridized carbons (Fsp3) is 0.357. The largest absolute Gasteiger partial charge is 0.493 e. The molecule has 2 rings (SSSR count). The van der Waals surface area contributed by atoms with E-state index >= 15 is 0 Å². The first-order valence-corrected chi connectivity index (χ1v) is 5.62. The first kappa shape index (κ1) is 12.5. The first-order chi connectivity index (χ1) is 8.56. The molecule has 4 heteroatoms. The van der Waals surface area contributed by atoms with Crippen LogP contribution in [0.4, 0.5) is 0 Å². The number of allylic oxidation sites excluding steroid dienone is 2. The number of Topliss-reactive ketones (excluding diaryl/α,β-unsaturated/α-hetero) is 1. The van der Waals surface area contributed by atoms with Gasteiger partial charge in [-0.2, -0.15) is 0 Å². The number of methoxy groups -OCH3 is 3. The minimum Gasteiger partial charge on any atom is -0.493 e. The van der Waals surface area contributed by atoms with E-state index in [9.17, 15) is 4.79 Å². The number of benzene rings is 1. The summed E-state index contributed by atoms with van der Waals surface area (Å²) in [6.45, 7) is 3.74. The van der Waals surface area contributed by atoms with Crippen LogP contribution in [0.2, 0.25) is 0 Å². The summed E-state index contributed by atoms with van der Waals surface area (Å²) < 4.78 is 15.9. The molecule has 1 aromatic rings. The van der Waals surface area contributed by atoms with Crippen LogP contribution < -0.4 is 14.2 Å². The molecule has 0 fully saturated rings. The topological polar surface area (TPSA) is 44.8 Å². The Morgan fingerprint density at radius 3 is 2.00 bits per heavy atom. The van der Waals surface area contributed by atoms with E-state index in [1.807, 2.05) is 19.9 Å².